The second kappa shape index (κ2) is 6.20. The number of ether oxygens (including phenoxy) is 1. The molecule has 0 atom stereocenters. The summed E-state index contributed by atoms with van der Waals surface area (Å²) in [6.07, 6.45) is 0. The Hall–Kier alpha value is -0.820. The fraction of sp³-hybridized carbons (Fsp3) is 0.455. The summed E-state index contributed by atoms with van der Waals surface area (Å²) in [6.45, 7) is 4.37. The first kappa shape index (κ1) is 12.6. The van der Waals surface area contributed by atoms with Gasteiger partial charge in [-0.25, -0.2) is 9.97 Å². The smallest absolute Gasteiger partial charge is 0.107 e. The molecule has 0 aromatic carbocycles. The topological polar surface area (TPSA) is 47.0 Å². The molecule has 0 aliphatic carbocycles. The Labute approximate surface area is 109 Å². The van der Waals surface area contributed by atoms with Gasteiger partial charge in [0.1, 0.15) is 16.4 Å². The van der Waals surface area contributed by atoms with Crippen LogP contribution in [-0.2, 0) is 11.3 Å². The fourth-order valence-electron chi connectivity index (χ4n) is 1.36. The lowest BCUT2D eigenvalue weighted by molar-refractivity contribution is 0.199. The van der Waals surface area contributed by atoms with Crippen LogP contribution in [0.3, 0.4) is 0 Å². The molecule has 1 N–H and O–H groups in total. The molecule has 6 heteroatoms. The Balaban J connectivity index is 1.92. The maximum Gasteiger partial charge on any atom is 0.107 e. The number of aryl methyl sites for hydroxylation is 1. The molecular weight excluding hydrogens is 254 g/mol. The van der Waals surface area contributed by atoms with E-state index in [1.165, 1.54) is 0 Å². The van der Waals surface area contributed by atoms with Gasteiger partial charge in [-0.1, -0.05) is 0 Å². The Morgan fingerprint density at radius 1 is 1.24 bits per heavy atom. The largest absolute Gasteiger partial charge is 0.383 e. The first-order valence-electron chi connectivity index (χ1n) is 5.36. The molecule has 2 rings (SSSR count). The second-order valence-corrected chi connectivity index (χ2v) is 5.55. The Kier molecular flexibility index (Phi) is 4.61. The van der Waals surface area contributed by atoms with Crippen LogP contribution in [0.4, 0.5) is 0 Å². The van der Waals surface area contributed by atoms with E-state index in [9.17, 15) is 0 Å². The lowest BCUT2D eigenvalue weighted by Crippen LogP contribution is -2.18. The van der Waals surface area contributed by atoms with Gasteiger partial charge in [0.2, 0.25) is 0 Å². The molecule has 0 saturated heterocycles. The van der Waals surface area contributed by atoms with Crippen LogP contribution >= 0.6 is 22.7 Å². The van der Waals surface area contributed by atoms with E-state index in [0.29, 0.717) is 0 Å². The zero-order valence-corrected chi connectivity index (χ0v) is 11.5. The van der Waals surface area contributed by atoms with Crippen molar-refractivity contribution in [1.29, 1.82) is 0 Å². The van der Waals surface area contributed by atoms with Gasteiger partial charge in [0.15, 0.2) is 0 Å². The molecule has 2 aromatic rings. The van der Waals surface area contributed by atoms with E-state index in [4.69, 9.17) is 4.74 Å². The quantitative estimate of drug-likeness (QED) is 0.818. The SMILES string of the molecule is COCCNCc1nc(-c2csc(C)n2)cs1. The highest BCUT2D eigenvalue weighted by Crippen LogP contribution is 2.23. The van der Waals surface area contributed by atoms with Crippen molar-refractivity contribution >= 4 is 22.7 Å². The van der Waals surface area contributed by atoms with Gasteiger partial charge in [0.05, 0.1) is 11.6 Å². The molecule has 0 bridgehead atoms. The monoisotopic (exact) mass is 269 g/mol. The third kappa shape index (κ3) is 3.57. The Morgan fingerprint density at radius 3 is 2.71 bits per heavy atom. The van der Waals surface area contributed by atoms with Gasteiger partial charge in [0.25, 0.3) is 0 Å². The standard InChI is InChI=1S/C11H15N3OS2/c1-8-13-9(6-16-8)10-7-17-11(14-10)5-12-3-4-15-2/h6-7,12H,3-5H2,1-2H3. The van der Waals surface area contributed by atoms with E-state index in [-0.39, 0.29) is 0 Å². The van der Waals surface area contributed by atoms with Crippen molar-refractivity contribution in [3.63, 3.8) is 0 Å². The third-order valence-electron chi connectivity index (χ3n) is 2.19. The Bertz CT molecular complexity index is 467. The number of thiazole rings is 2. The fourth-order valence-corrected chi connectivity index (χ4v) is 2.72. The lowest BCUT2D eigenvalue weighted by Gasteiger charge is -1.99. The predicted octanol–water partition coefficient (Wildman–Crippen LogP) is 2.31. The van der Waals surface area contributed by atoms with E-state index in [2.05, 4.69) is 20.7 Å². The minimum absolute atomic E-state index is 0.726. The van der Waals surface area contributed by atoms with E-state index in [1.54, 1.807) is 29.8 Å². The molecule has 0 fully saturated rings. The van der Waals surface area contributed by atoms with Crippen LogP contribution < -0.4 is 5.32 Å². The molecule has 0 radical (unpaired) electrons. The first-order chi connectivity index (χ1) is 8.29. The molecule has 4 nitrogen and oxygen atoms in total. The molecule has 0 saturated carbocycles. The zero-order chi connectivity index (χ0) is 12.1. The molecule has 2 aromatic heterocycles. The van der Waals surface area contributed by atoms with Crippen LogP contribution in [-0.4, -0.2) is 30.2 Å². The van der Waals surface area contributed by atoms with Gasteiger partial charge in [-0.15, -0.1) is 22.7 Å². The van der Waals surface area contributed by atoms with Crippen LogP contribution in [0, 0.1) is 6.92 Å². The van der Waals surface area contributed by atoms with E-state index >= 15 is 0 Å². The van der Waals surface area contributed by atoms with Gasteiger partial charge >= 0.3 is 0 Å². The van der Waals surface area contributed by atoms with Gasteiger partial charge < -0.3 is 10.1 Å². The first-order valence-corrected chi connectivity index (χ1v) is 7.12. The molecule has 17 heavy (non-hydrogen) atoms. The summed E-state index contributed by atoms with van der Waals surface area (Å²) < 4.78 is 4.97. The van der Waals surface area contributed by atoms with Gasteiger partial charge in [0, 0.05) is 31.0 Å². The van der Waals surface area contributed by atoms with Crippen molar-refractivity contribution in [2.45, 2.75) is 13.5 Å². The number of rotatable bonds is 6. The summed E-state index contributed by atoms with van der Waals surface area (Å²) in [5.41, 5.74) is 1.95. The van der Waals surface area contributed by atoms with Crippen molar-refractivity contribution in [2.24, 2.45) is 0 Å². The zero-order valence-electron chi connectivity index (χ0n) is 9.90. The van der Waals surface area contributed by atoms with Crippen LogP contribution in [0.15, 0.2) is 10.8 Å². The molecule has 92 valence electrons. The normalized spacial score (nSPS) is 10.9. The van der Waals surface area contributed by atoms with Crippen molar-refractivity contribution in [2.75, 3.05) is 20.3 Å². The maximum atomic E-state index is 4.97. The average Bonchev–Trinajstić information content (AvgIpc) is 2.93. The van der Waals surface area contributed by atoms with Gasteiger partial charge in [-0.2, -0.15) is 0 Å². The van der Waals surface area contributed by atoms with Crippen molar-refractivity contribution in [1.82, 2.24) is 15.3 Å². The van der Waals surface area contributed by atoms with Gasteiger partial charge in [-0.05, 0) is 6.92 Å². The molecule has 0 aliphatic heterocycles. The Morgan fingerprint density at radius 2 is 2.00 bits per heavy atom. The second-order valence-electron chi connectivity index (χ2n) is 3.55. The molecule has 0 spiro atoms. The summed E-state index contributed by atoms with van der Waals surface area (Å²) in [4.78, 5) is 8.98. The molecular formula is C11H15N3OS2. The number of hydrogen-bond donors (Lipinski definition) is 1. The van der Waals surface area contributed by atoms with Crippen LogP contribution in [0.1, 0.15) is 10.0 Å². The van der Waals surface area contributed by atoms with Crippen molar-refractivity contribution < 1.29 is 4.74 Å². The number of aromatic nitrogens is 2. The number of nitrogens with zero attached hydrogens (tertiary/aromatic N) is 2. The maximum absolute atomic E-state index is 4.97. The summed E-state index contributed by atoms with van der Waals surface area (Å²) in [5, 5.41) is 9.54. The van der Waals surface area contributed by atoms with Crippen molar-refractivity contribution in [3.05, 3.63) is 20.8 Å². The minimum atomic E-state index is 0.726. The highest BCUT2D eigenvalue weighted by atomic mass is 32.1. The van der Waals surface area contributed by atoms with E-state index < -0.39 is 0 Å². The number of nitrogens with one attached hydrogen (secondary N) is 1. The van der Waals surface area contributed by atoms with Gasteiger partial charge in [-0.3, -0.25) is 0 Å². The van der Waals surface area contributed by atoms with Crippen LogP contribution in [0.2, 0.25) is 0 Å². The van der Waals surface area contributed by atoms with E-state index in [0.717, 1.165) is 41.1 Å². The molecule has 2 heterocycles. The number of methoxy groups -OCH3 is 1. The summed E-state index contributed by atoms with van der Waals surface area (Å²) >= 11 is 3.32. The summed E-state index contributed by atoms with van der Waals surface area (Å²) in [6, 6.07) is 0. The highest BCUT2D eigenvalue weighted by Gasteiger charge is 2.06. The van der Waals surface area contributed by atoms with E-state index in [1.807, 2.05) is 12.3 Å². The molecule has 0 unspecified atom stereocenters. The van der Waals surface area contributed by atoms with Crippen molar-refractivity contribution in [3.8, 4) is 11.4 Å². The van der Waals surface area contributed by atoms with Crippen LogP contribution in [0.25, 0.3) is 11.4 Å². The average molecular weight is 269 g/mol. The third-order valence-corrected chi connectivity index (χ3v) is 3.81. The summed E-state index contributed by atoms with van der Waals surface area (Å²) in [5.74, 6) is 0. The molecule has 0 amide bonds. The predicted molar refractivity (Wildman–Crippen MR) is 71.5 cm³/mol. The minimum Gasteiger partial charge on any atom is -0.383 e. The number of hydrogen-bond acceptors (Lipinski definition) is 6. The lowest BCUT2D eigenvalue weighted by atomic mass is 10.4. The van der Waals surface area contributed by atoms with Crippen LogP contribution in [0.5, 0.6) is 0 Å². The molecule has 0 aliphatic rings. The summed E-state index contributed by atoms with van der Waals surface area (Å²) in [7, 11) is 1.70. The highest BCUT2D eigenvalue weighted by molar-refractivity contribution is 7.10.